The van der Waals surface area contributed by atoms with Gasteiger partial charge in [0.1, 0.15) is 22.7 Å². The van der Waals surface area contributed by atoms with Crippen molar-refractivity contribution in [3.8, 4) is 0 Å². The van der Waals surface area contributed by atoms with Crippen LogP contribution in [-0.4, -0.2) is 84.6 Å². The van der Waals surface area contributed by atoms with Gasteiger partial charge in [-0.2, -0.15) is 0 Å². The fourth-order valence-corrected chi connectivity index (χ4v) is 5.81. The van der Waals surface area contributed by atoms with Gasteiger partial charge in [-0.3, -0.25) is 14.4 Å². The molecule has 10 nitrogen and oxygen atoms in total. The average Bonchev–Trinajstić information content (AvgIpc) is 3.66. The molecule has 4 rings (SSSR count). The Kier molecular flexibility index (Phi) is 7.62. The highest BCUT2D eigenvalue weighted by Crippen LogP contribution is 2.53. The fourth-order valence-electron chi connectivity index (χ4n) is 5.81. The van der Waals surface area contributed by atoms with E-state index in [1.165, 1.54) is 0 Å². The molecule has 6 unspecified atom stereocenters. The number of carbonyl (C=O) groups excluding carboxylic acids is 3. The van der Waals surface area contributed by atoms with Gasteiger partial charge in [-0.1, -0.05) is 31.2 Å². The van der Waals surface area contributed by atoms with Crippen LogP contribution in [0.25, 0.3) is 0 Å². The lowest BCUT2D eigenvalue weighted by molar-refractivity contribution is -0.174. The van der Waals surface area contributed by atoms with Crippen LogP contribution in [-0.2, 0) is 38.1 Å². The molecule has 0 amide bonds. The van der Waals surface area contributed by atoms with Gasteiger partial charge in [0.05, 0.1) is 39.1 Å². The molecule has 200 valence electrons. The average molecular weight is 509 g/mol. The van der Waals surface area contributed by atoms with E-state index in [0.717, 1.165) is 0 Å². The first-order chi connectivity index (χ1) is 17.3. The number of unbranched alkanes of at least 4 members (excludes halogenated alkanes) is 2. The number of fused-ring (bicyclic) bond motifs is 4. The minimum absolute atomic E-state index is 0.0259. The van der Waals surface area contributed by atoms with Crippen LogP contribution in [0.3, 0.4) is 0 Å². The van der Waals surface area contributed by atoms with Gasteiger partial charge in [-0.25, -0.2) is 0 Å². The first kappa shape index (κ1) is 26.8. The van der Waals surface area contributed by atoms with Gasteiger partial charge in [-0.15, -0.1) is 0 Å². The number of carbonyl (C=O) groups is 3. The van der Waals surface area contributed by atoms with Crippen molar-refractivity contribution in [1.82, 2.24) is 0 Å². The summed E-state index contributed by atoms with van der Waals surface area (Å²) >= 11 is 0. The van der Waals surface area contributed by atoms with E-state index in [9.17, 15) is 24.6 Å². The summed E-state index contributed by atoms with van der Waals surface area (Å²) in [6.07, 6.45) is 8.41. The molecule has 10 heteroatoms. The van der Waals surface area contributed by atoms with E-state index in [4.69, 9.17) is 23.7 Å². The molecule has 4 aliphatic rings. The molecule has 0 radical (unpaired) electrons. The van der Waals surface area contributed by atoms with Crippen molar-refractivity contribution in [2.24, 2.45) is 10.8 Å². The van der Waals surface area contributed by atoms with Gasteiger partial charge in [0, 0.05) is 12.8 Å². The monoisotopic (exact) mass is 508 g/mol. The van der Waals surface area contributed by atoms with Crippen LogP contribution < -0.4 is 0 Å². The summed E-state index contributed by atoms with van der Waals surface area (Å²) in [4.78, 5) is 38.6. The molecular weight excluding hydrogens is 472 g/mol. The number of ether oxygens (including phenoxy) is 5. The lowest BCUT2D eigenvalue weighted by Gasteiger charge is -2.31. The molecule has 6 atom stereocenters. The van der Waals surface area contributed by atoms with Crippen LogP contribution >= 0.6 is 0 Å². The number of aliphatic hydroxyl groups is 2. The third-order valence-electron chi connectivity index (χ3n) is 7.93. The lowest BCUT2D eigenvalue weighted by atomic mass is 9.71. The standard InChI is InChI=1S/C26H36O10/c1-3-25(14-23(16-27)10-8-18(25)35-23)20(29)33-12-6-5-7-13-34-22(31)26(21(30)32-4-2)15-24(17-28)11-9-19(26)36-24/h8-11,18-19,27-28H,3-7,12-17H2,1-2H3. The van der Waals surface area contributed by atoms with E-state index in [-0.39, 0.29) is 51.5 Å². The maximum Gasteiger partial charge on any atom is 0.326 e. The molecule has 36 heavy (non-hydrogen) atoms. The molecule has 0 aromatic carbocycles. The van der Waals surface area contributed by atoms with Gasteiger partial charge in [0.25, 0.3) is 0 Å². The Labute approximate surface area is 210 Å². The summed E-state index contributed by atoms with van der Waals surface area (Å²) < 4.78 is 27.8. The molecule has 2 fully saturated rings. The maximum atomic E-state index is 13.0. The predicted molar refractivity (Wildman–Crippen MR) is 124 cm³/mol. The highest BCUT2D eigenvalue weighted by atomic mass is 16.6. The van der Waals surface area contributed by atoms with Crippen LogP contribution in [0.5, 0.6) is 0 Å². The van der Waals surface area contributed by atoms with Gasteiger partial charge in [-0.05, 0) is 32.6 Å². The topological polar surface area (TPSA) is 138 Å². The van der Waals surface area contributed by atoms with Crippen molar-refractivity contribution < 1.29 is 48.3 Å². The summed E-state index contributed by atoms with van der Waals surface area (Å²) in [5.74, 6) is -1.75. The second kappa shape index (κ2) is 10.2. The minimum atomic E-state index is -1.62. The number of rotatable bonds is 13. The van der Waals surface area contributed by atoms with Crippen LogP contribution in [0.15, 0.2) is 24.3 Å². The van der Waals surface area contributed by atoms with Gasteiger partial charge in [0.2, 0.25) is 0 Å². The zero-order valence-corrected chi connectivity index (χ0v) is 20.9. The zero-order chi connectivity index (χ0) is 26.0. The number of esters is 3. The Morgan fingerprint density at radius 1 is 0.806 bits per heavy atom. The van der Waals surface area contributed by atoms with Crippen LogP contribution in [0.2, 0.25) is 0 Å². The molecule has 2 N–H and O–H groups in total. The SMILES string of the molecule is CCOC(=O)C1(C(=O)OCCCCCOC(=O)C2(CC)CC3(CO)C=CC2O3)CC2(CO)C=CC1O2. The Hall–Kier alpha value is -2.27. The quantitative estimate of drug-likeness (QED) is 0.123. The molecule has 4 heterocycles. The molecule has 4 bridgehead atoms. The van der Waals surface area contributed by atoms with Crippen molar-refractivity contribution in [2.75, 3.05) is 33.0 Å². The Morgan fingerprint density at radius 2 is 1.36 bits per heavy atom. The third-order valence-corrected chi connectivity index (χ3v) is 7.93. The summed E-state index contributed by atoms with van der Waals surface area (Å²) in [5.41, 5.74) is -4.27. The van der Waals surface area contributed by atoms with Crippen molar-refractivity contribution in [1.29, 1.82) is 0 Å². The van der Waals surface area contributed by atoms with Crippen LogP contribution in [0, 0.1) is 10.8 Å². The highest BCUT2D eigenvalue weighted by molar-refractivity contribution is 6.02. The van der Waals surface area contributed by atoms with Crippen molar-refractivity contribution >= 4 is 17.9 Å². The molecule has 2 saturated heterocycles. The van der Waals surface area contributed by atoms with E-state index in [2.05, 4.69) is 0 Å². The summed E-state index contributed by atoms with van der Waals surface area (Å²) in [6, 6.07) is 0. The first-order valence-electron chi connectivity index (χ1n) is 12.7. The number of hydrogen-bond donors (Lipinski definition) is 2. The van der Waals surface area contributed by atoms with Crippen LogP contribution in [0.1, 0.15) is 52.4 Å². The molecule has 0 aliphatic carbocycles. The normalized spacial score (nSPS) is 37.4. The minimum Gasteiger partial charge on any atom is -0.465 e. The van der Waals surface area contributed by atoms with Gasteiger partial charge < -0.3 is 33.9 Å². The number of aliphatic hydroxyl groups excluding tert-OH is 2. The van der Waals surface area contributed by atoms with Crippen molar-refractivity contribution in [2.45, 2.75) is 75.8 Å². The molecule has 4 aliphatic heterocycles. The first-order valence-corrected chi connectivity index (χ1v) is 12.7. The van der Waals surface area contributed by atoms with Crippen LogP contribution in [0.4, 0.5) is 0 Å². The van der Waals surface area contributed by atoms with E-state index in [1.54, 1.807) is 19.1 Å². The molecule has 0 saturated carbocycles. The Morgan fingerprint density at radius 3 is 1.92 bits per heavy atom. The highest BCUT2D eigenvalue weighted by Gasteiger charge is 2.67. The van der Waals surface area contributed by atoms with Crippen molar-refractivity contribution in [3.63, 3.8) is 0 Å². The smallest absolute Gasteiger partial charge is 0.326 e. The third kappa shape index (κ3) is 4.27. The Balaban J connectivity index is 1.21. The van der Waals surface area contributed by atoms with E-state index in [0.29, 0.717) is 32.1 Å². The van der Waals surface area contributed by atoms with E-state index >= 15 is 0 Å². The predicted octanol–water partition coefficient (Wildman–Crippen LogP) is 1.37. The fraction of sp³-hybridized carbons (Fsp3) is 0.731. The maximum absolute atomic E-state index is 13.0. The van der Waals surface area contributed by atoms with Gasteiger partial charge >= 0.3 is 17.9 Å². The number of hydrogen-bond acceptors (Lipinski definition) is 10. The zero-order valence-electron chi connectivity index (χ0n) is 20.9. The molecular formula is C26H36O10. The molecule has 0 aromatic heterocycles. The molecule has 0 spiro atoms. The summed E-state index contributed by atoms with van der Waals surface area (Å²) in [7, 11) is 0. The second-order valence-corrected chi connectivity index (χ2v) is 10.1. The summed E-state index contributed by atoms with van der Waals surface area (Å²) in [6.45, 7) is 3.48. The van der Waals surface area contributed by atoms with Gasteiger partial charge in [0.15, 0.2) is 5.41 Å². The largest absolute Gasteiger partial charge is 0.465 e. The summed E-state index contributed by atoms with van der Waals surface area (Å²) in [5, 5.41) is 19.4. The van der Waals surface area contributed by atoms with E-state index in [1.807, 2.05) is 19.1 Å². The lowest BCUT2D eigenvalue weighted by Crippen LogP contribution is -2.49. The van der Waals surface area contributed by atoms with Crippen molar-refractivity contribution in [3.05, 3.63) is 24.3 Å². The van der Waals surface area contributed by atoms with E-state index < -0.39 is 40.1 Å². The Bertz CT molecular complexity index is 930. The second-order valence-electron chi connectivity index (χ2n) is 10.1. The molecule has 0 aromatic rings.